The van der Waals surface area contributed by atoms with Crippen LogP contribution in [0, 0.1) is 6.92 Å². The summed E-state index contributed by atoms with van der Waals surface area (Å²) < 4.78 is 18.0. The zero-order valence-electron chi connectivity index (χ0n) is 14.9. The fourth-order valence-electron chi connectivity index (χ4n) is 2.52. The second-order valence-electron chi connectivity index (χ2n) is 5.93. The number of rotatable bonds is 6. The van der Waals surface area contributed by atoms with E-state index in [2.05, 4.69) is 0 Å². The summed E-state index contributed by atoms with van der Waals surface area (Å²) >= 11 is 0. The van der Waals surface area contributed by atoms with Crippen LogP contribution in [0.4, 0.5) is 5.69 Å². The summed E-state index contributed by atoms with van der Waals surface area (Å²) in [5, 5.41) is 0. The Morgan fingerprint density at radius 1 is 0.923 bits per heavy atom. The third kappa shape index (κ3) is 4.67. The first-order chi connectivity index (χ1) is 12.7. The van der Waals surface area contributed by atoms with Crippen LogP contribution < -0.4 is 4.74 Å². The van der Waals surface area contributed by atoms with Crippen molar-refractivity contribution in [1.29, 1.82) is 0 Å². The average molecular weight is 363 g/mol. The van der Waals surface area contributed by atoms with Crippen LogP contribution in [-0.2, 0) is 10.8 Å². The fraction of sp³-hybridized carbons (Fsp3) is 0.136. The van der Waals surface area contributed by atoms with Crippen LogP contribution in [0.3, 0.4) is 0 Å². The molecule has 0 N–H and O–H groups in total. The van der Waals surface area contributed by atoms with Gasteiger partial charge in [-0.25, -0.2) is 0 Å². The molecule has 0 aliphatic carbocycles. The predicted octanol–water partition coefficient (Wildman–Crippen LogP) is 4.93. The smallest absolute Gasteiger partial charge is 0.119 e. The molecule has 0 saturated heterocycles. The van der Waals surface area contributed by atoms with Gasteiger partial charge < -0.3 is 4.74 Å². The fourth-order valence-corrected chi connectivity index (χ4v) is 3.61. The van der Waals surface area contributed by atoms with E-state index in [1.54, 1.807) is 7.11 Å². The maximum absolute atomic E-state index is 12.8. The molecule has 0 spiro atoms. The van der Waals surface area contributed by atoms with Crippen LogP contribution in [0.15, 0.2) is 88.8 Å². The van der Waals surface area contributed by atoms with Gasteiger partial charge in [0.1, 0.15) is 5.75 Å². The molecular weight excluding hydrogens is 342 g/mol. The van der Waals surface area contributed by atoms with E-state index in [4.69, 9.17) is 9.73 Å². The van der Waals surface area contributed by atoms with Crippen LogP contribution in [0.25, 0.3) is 0 Å². The molecule has 3 nitrogen and oxygen atoms in total. The van der Waals surface area contributed by atoms with Crippen molar-refractivity contribution in [2.24, 2.45) is 4.99 Å². The number of hydrogen-bond donors (Lipinski definition) is 0. The van der Waals surface area contributed by atoms with E-state index < -0.39 is 10.8 Å². The Labute approximate surface area is 156 Å². The Morgan fingerprint density at radius 2 is 1.58 bits per heavy atom. The molecule has 1 atom stereocenters. The van der Waals surface area contributed by atoms with Crippen LogP contribution in [-0.4, -0.2) is 22.8 Å². The molecule has 0 aliphatic heterocycles. The summed E-state index contributed by atoms with van der Waals surface area (Å²) in [6.45, 7) is 2.02. The highest BCUT2D eigenvalue weighted by Crippen LogP contribution is 2.20. The number of ether oxygens (including phenoxy) is 1. The summed E-state index contributed by atoms with van der Waals surface area (Å²) in [6, 6.07) is 25.2. The van der Waals surface area contributed by atoms with Crippen LogP contribution >= 0.6 is 0 Å². The minimum atomic E-state index is -1.16. The van der Waals surface area contributed by atoms with Gasteiger partial charge >= 0.3 is 0 Å². The Morgan fingerprint density at radius 3 is 2.19 bits per heavy atom. The van der Waals surface area contributed by atoms with Crippen LogP contribution in [0.5, 0.6) is 5.75 Å². The summed E-state index contributed by atoms with van der Waals surface area (Å²) in [5.74, 6) is 1.15. The largest absolute Gasteiger partial charge is 0.497 e. The van der Waals surface area contributed by atoms with E-state index in [-0.39, 0.29) is 0 Å². The molecule has 3 aromatic carbocycles. The van der Waals surface area contributed by atoms with E-state index in [1.807, 2.05) is 85.8 Å². The lowest BCUT2D eigenvalue weighted by atomic mass is 10.1. The van der Waals surface area contributed by atoms with Crippen molar-refractivity contribution in [3.05, 3.63) is 90.0 Å². The van der Waals surface area contributed by atoms with Gasteiger partial charge in [0.25, 0.3) is 0 Å². The highest BCUT2D eigenvalue weighted by molar-refractivity contribution is 7.85. The SMILES string of the molecule is COc1ccc(N=C(CS(=O)c2ccc(C)cc2)c2ccccc2)cc1. The number of hydrogen-bond acceptors (Lipinski definition) is 3. The van der Waals surface area contributed by atoms with Gasteiger partial charge in [-0.15, -0.1) is 0 Å². The normalized spacial score (nSPS) is 12.6. The van der Waals surface area contributed by atoms with Crippen LogP contribution in [0.2, 0.25) is 0 Å². The van der Waals surface area contributed by atoms with Crippen molar-refractivity contribution in [1.82, 2.24) is 0 Å². The highest BCUT2D eigenvalue weighted by Gasteiger charge is 2.11. The lowest BCUT2D eigenvalue weighted by molar-refractivity contribution is 0.415. The van der Waals surface area contributed by atoms with E-state index in [1.165, 1.54) is 0 Å². The molecule has 4 heteroatoms. The monoisotopic (exact) mass is 363 g/mol. The van der Waals surface area contributed by atoms with Crippen molar-refractivity contribution in [3.8, 4) is 5.75 Å². The first kappa shape index (κ1) is 18.1. The third-order valence-electron chi connectivity index (χ3n) is 4.00. The van der Waals surface area contributed by atoms with E-state index in [0.717, 1.165) is 33.2 Å². The highest BCUT2D eigenvalue weighted by atomic mass is 32.2. The average Bonchev–Trinajstić information content (AvgIpc) is 2.69. The molecule has 0 saturated carbocycles. The van der Waals surface area contributed by atoms with Crippen molar-refractivity contribution in [2.75, 3.05) is 12.9 Å². The summed E-state index contributed by atoms with van der Waals surface area (Å²) in [5.41, 5.74) is 3.74. The standard InChI is InChI=1S/C22H21NO2S/c1-17-8-14-21(15-9-17)26(24)16-22(18-6-4-3-5-7-18)23-19-10-12-20(25-2)13-11-19/h3-15H,16H2,1-2H3. The maximum Gasteiger partial charge on any atom is 0.119 e. The molecule has 0 heterocycles. The van der Waals surface area contributed by atoms with Crippen molar-refractivity contribution in [2.45, 2.75) is 11.8 Å². The van der Waals surface area contributed by atoms with Gasteiger partial charge in [0.15, 0.2) is 0 Å². The molecule has 26 heavy (non-hydrogen) atoms. The summed E-state index contributed by atoms with van der Waals surface area (Å²) in [7, 11) is 0.480. The van der Waals surface area contributed by atoms with E-state index in [0.29, 0.717) is 5.75 Å². The van der Waals surface area contributed by atoms with Gasteiger partial charge in [-0.2, -0.15) is 0 Å². The van der Waals surface area contributed by atoms with Crippen molar-refractivity contribution in [3.63, 3.8) is 0 Å². The maximum atomic E-state index is 12.8. The van der Waals surface area contributed by atoms with Gasteiger partial charge in [0.05, 0.1) is 35.1 Å². The van der Waals surface area contributed by atoms with E-state index >= 15 is 0 Å². The van der Waals surface area contributed by atoms with Gasteiger partial charge in [0.2, 0.25) is 0 Å². The predicted molar refractivity (Wildman–Crippen MR) is 108 cm³/mol. The number of aliphatic imine (C=N–C) groups is 1. The Kier molecular flexibility index (Phi) is 5.97. The molecule has 0 aromatic heterocycles. The minimum absolute atomic E-state index is 0.360. The summed E-state index contributed by atoms with van der Waals surface area (Å²) in [6.07, 6.45) is 0. The zero-order valence-corrected chi connectivity index (χ0v) is 15.7. The molecule has 0 aliphatic rings. The molecule has 0 fully saturated rings. The minimum Gasteiger partial charge on any atom is -0.497 e. The topological polar surface area (TPSA) is 38.7 Å². The second-order valence-corrected chi connectivity index (χ2v) is 7.38. The Bertz CT molecular complexity index is 901. The number of methoxy groups -OCH3 is 1. The van der Waals surface area contributed by atoms with Crippen molar-refractivity contribution < 1.29 is 8.95 Å². The lowest BCUT2D eigenvalue weighted by Crippen LogP contribution is -2.12. The quantitative estimate of drug-likeness (QED) is 0.582. The number of benzene rings is 3. The van der Waals surface area contributed by atoms with Gasteiger partial charge in [-0.3, -0.25) is 9.20 Å². The third-order valence-corrected chi connectivity index (χ3v) is 5.33. The molecule has 3 aromatic rings. The molecule has 0 radical (unpaired) electrons. The Balaban J connectivity index is 1.91. The molecular formula is C22H21NO2S. The van der Waals surface area contributed by atoms with Gasteiger partial charge in [-0.1, -0.05) is 48.0 Å². The first-order valence-corrected chi connectivity index (χ1v) is 9.69. The van der Waals surface area contributed by atoms with E-state index in [9.17, 15) is 4.21 Å². The zero-order chi connectivity index (χ0) is 18.4. The Hall–Kier alpha value is -2.72. The number of aryl methyl sites for hydroxylation is 1. The number of nitrogens with zero attached hydrogens (tertiary/aromatic N) is 1. The molecule has 0 bridgehead atoms. The molecule has 1 unspecified atom stereocenters. The first-order valence-electron chi connectivity index (χ1n) is 8.38. The molecule has 0 amide bonds. The van der Waals surface area contributed by atoms with Gasteiger partial charge in [-0.05, 0) is 48.9 Å². The van der Waals surface area contributed by atoms with Crippen molar-refractivity contribution >= 4 is 22.2 Å². The summed E-state index contributed by atoms with van der Waals surface area (Å²) in [4.78, 5) is 5.57. The second kappa shape index (κ2) is 8.59. The van der Waals surface area contributed by atoms with Gasteiger partial charge in [0, 0.05) is 4.90 Å². The molecule has 3 rings (SSSR count). The lowest BCUT2D eigenvalue weighted by Gasteiger charge is -2.08. The molecule has 132 valence electrons. The van der Waals surface area contributed by atoms with Crippen LogP contribution in [0.1, 0.15) is 11.1 Å².